The van der Waals surface area contributed by atoms with Gasteiger partial charge in [-0.05, 0) is 24.3 Å². The lowest BCUT2D eigenvalue weighted by Crippen LogP contribution is -2.29. The van der Waals surface area contributed by atoms with Crippen molar-refractivity contribution in [2.24, 2.45) is 0 Å². The number of nitrogens with zero attached hydrogens (tertiary/aromatic N) is 2. The summed E-state index contributed by atoms with van der Waals surface area (Å²) >= 11 is 5.81. The molecule has 4 nitrogen and oxygen atoms in total. The van der Waals surface area contributed by atoms with Gasteiger partial charge in [-0.2, -0.15) is 0 Å². The molecule has 1 aliphatic heterocycles. The maximum absolute atomic E-state index is 13.2. The molecule has 0 amide bonds. The predicted molar refractivity (Wildman–Crippen MR) is 81.3 cm³/mol. The van der Waals surface area contributed by atoms with E-state index in [0.29, 0.717) is 30.4 Å². The number of ether oxygens (including phenoxy) is 1. The summed E-state index contributed by atoms with van der Waals surface area (Å²) in [5.41, 5.74) is 0.878. The first-order valence-corrected chi connectivity index (χ1v) is 7.41. The number of pyridine rings is 1. The summed E-state index contributed by atoms with van der Waals surface area (Å²) in [7, 11) is 0. The Morgan fingerprint density at radius 2 is 2.18 bits per heavy atom. The normalized spacial score (nSPS) is 22.0. The summed E-state index contributed by atoms with van der Waals surface area (Å²) in [6.45, 7) is 1.66. The van der Waals surface area contributed by atoms with Gasteiger partial charge < -0.3 is 9.84 Å². The number of likely N-dealkylation sites (tertiary alicyclic amines) is 1. The minimum absolute atomic E-state index is 0.354. The van der Waals surface area contributed by atoms with Gasteiger partial charge in [-0.1, -0.05) is 17.7 Å². The van der Waals surface area contributed by atoms with Gasteiger partial charge in [-0.25, -0.2) is 4.39 Å². The van der Waals surface area contributed by atoms with Gasteiger partial charge in [0.25, 0.3) is 0 Å². The van der Waals surface area contributed by atoms with E-state index in [-0.39, 0.29) is 11.9 Å². The van der Waals surface area contributed by atoms with E-state index in [0.717, 1.165) is 5.69 Å². The molecule has 6 heteroatoms. The van der Waals surface area contributed by atoms with Crippen LogP contribution in [0.5, 0.6) is 5.75 Å². The highest BCUT2D eigenvalue weighted by atomic mass is 35.5. The monoisotopic (exact) mass is 322 g/mol. The molecular formula is C16H16ClFN2O2. The van der Waals surface area contributed by atoms with E-state index in [1.54, 1.807) is 24.4 Å². The second kappa shape index (κ2) is 6.60. The fourth-order valence-corrected chi connectivity index (χ4v) is 2.63. The zero-order valence-electron chi connectivity index (χ0n) is 11.8. The van der Waals surface area contributed by atoms with Crippen LogP contribution in [-0.2, 0) is 6.54 Å². The molecule has 1 aliphatic rings. The molecule has 2 aromatic rings. The number of aliphatic hydroxyl groups is 1. The van der Waals surface area contributed by atoms with Crippen molar-refractivity contribution in [3.05, 3.63) is 59.1 Å². The van der Waals surface area contributed by atoms with E-state index >= 15 is 0 Å². The Balaban J connectivity index is 1.60. The molecule has 1 aromatic heterocycles. The second-order valence-corrected chi connectivity index (χ2v) is 5.78. The topological polar surface area (TPSA) is 45.6 Å². The van der Waals surface area contributed by atoms with Crippen LogP contribution >= 0.6 is 11.6 Å². The number of aromatic nitrogens is 1. The Hall–Kier alpha value is -1.69. The summed E-state index contributed by atoms with van der Waals surface area (Å²) < 4.78 is 18.8. The maximum Gasteiger partial charge on any atom is 0.138 e. The molecule has 2 heterocycles. The van der Waals surface area contributed by atoms with Crippen LogP contribution in [0, 0.1) is 5.82 Å². The zero-order valence-corrected chi connectivity index (χ0v) is 12.6. The molecule has 0 aliphatic carbocycles. The van der Waals surface area contributed by atoms with Gasteiger partial charge in [-0.15, -0.1) is 0 Å². The lowest BCUT2D eigenvalue weighted by Gasteiger charge is -2.17. The number of benzene rings is 1. The van der Waals surface area contributed by atoms with Gasteiger partial charge in [-0.3, -0.25) is 9.88 Å². The molecule has 1 N–H and O–H groups in total. The lowest BCUT2D eigenvalue weighted by atomic mass is 10.2. The van der Waals surface area contributed by atoms with Crippen LogP contribution in [0.2, 0.25) is 5.02 Å². The third kappa shape index (κ3) is 3.74. The molecule has 0 radical (unpaired) electrons. The minimum Gasteiger partial charge on any atom is -0.486 e. The van der Waals surface area contributed by atoms with Crippen LogP contribution in [0.3, 0.4) is 0 Å². The van der Waals surface area contributed by atoms with Crippen molar-refractivity contribution in [1.29, 1.82) is 0 Å². The smallest absolute Gasteiger partial charge is 0.138 e. The molecule has 0 spiro atoms. The Labute approximate surface area is 133 Å². The summed E-state index contributed by atoms with van der Waals surface area (Å²) in [5.74, 6) is 0.0720. The molecular weight excluding hydrogens is 307 g/mol. The summed E-state index contributed by atoms with van der Waals surface area (Å²) in [4.78, 5) is 6.29. The molecule has 116 valence electrons. The molecule has 1 fully saturated rings. The molecule has 1 saturated heterocycles. The van der Waals surface area contributed by atoms with Gasteiger partial charge in [0.15, 0.2) is 0 Å². The van der Waals surface area contributed by atoms with Crippen LogP contribution in [0.15, 0.2) is 42.6 Å². The van der Waals surface area contributed by atoms with Gasteiger partial charge in [0.2, 0.25) is 0 Å². The first-order valence-electron chi connectivity index (χ1n) is 7.03. The van der Waals surface area contributed by atoms with E-state index in [9.17, 15) is 9.50 Å². The summed E-state index contributed by atoms with van der Waals surface area (Å²) in [5, 5.41) is 10.7. The van der Waals surface area contributed by atoms with Crippen molar-refractivity contribution in [3.8, 4) is 5.75 Å². The van der Waals surface area contributed by atoms with Crippen molar-refractivity contribution in [2.75, 3.05) is 13.1 Å². The third-order valence-electron chi connectivity index (χ3n) is 3.57. The number of β-amino-alcohol motifs (C(OH)–C–C–N with tert-alkyl or cyclic N) is 1. The van der Waals surface area contributed by atoms with Crippen LogP contribution in [-0.4, -0.2) is 40.3 Å². The summed E-state index contributed by atoms with van der Waals surface area (Å²) in [6.07, 6.45) is 0.606. The second-order valence-electron chi connectivity index (χ2n) is 5.34. The number of hydrogen-bond acceptors (Lipinski definition) is 4. The Morgan fingerprint density at radius 3 is 2.91 bits per heavy atom. The van der Waals surface area contributed by atoms with Gasteiger partial charge in [0, 0.05) is 31.9 Å². The largest absolute Gasteiger partial charge is 0.486 e. The van der Waals surface area contributed by atoms with Gasteiger partial charge in [0.1, 0.15) is 23.8 Å². The molecule has 0 bridgehead atoms. The average molecular weight is 323 g/mol. The summed E-state index contributed by atoms with van der Waals surface area (Å²) in [6, 6.07) is 9.58. The molecule has 3 rings (SSSR count). The SMILES string of the molecule is O[C@@H]1CN(Cc2ccc(Cl)cn2)C[C@H]1Oc1cccc(F)c1. The van der Waals surface area contributed by atoms with Crippen LogP contribution < -0.4 is 4.74 Å². The van der Waals surface area contributed by atoms with Crippen LogP contribution in [0.1, 0.15) is 5.69 Å². The van der Waals surface area contributed by atoms with Crippen molar-refractivity contribution in [1.82, 2.24) is 9.88 Å². The molecule has 1 aromatic carbocycles. The van der Waals surface area contributed by atoms with Crippen LogP contribution in [0.25, 0.3) is 0 Å². The first-order chi connectivity index (χ1) is 10.6. The van der Waals surface area contributed by atoms with Crippen molar-refractivity contribution >= 4 is 11.6 Å². The van der Waals surface area contributed by atoms with Gasteiger partial charge in [0.05, 0.1) is 10.7 Å². The Morgan fingerprint density at radius 1 is 1.32 bits per heavy atom. The fourth-order valence-electron chi connectivity index (χ4n) is 2.52. The maximum atomic E-state index is 13.2. The molecule has 22 heavy (non-hydrogen) atoms. The van der Waals surface area contributed by atoms with E-state index in [4.69, 9.17) is 16.3 Å². The van der Waals surface area contributed by atoms with E-state index in [1.807, 2.05) is 11.0 Å². The Bertz CT molecular complexity index is 638. The van der Waals surface area contributed by atoms with Crippen LogP contribution in [0.4, 0.5) is 4.39 Å². The molecule has 0 saturated carbocycles. The standard InChI is InChI=1S/C16H16ClFN2O2/c17-11-4-5-13(19-7-11)8-20-9-15(21)16(10-20)22-14-3-1-2-12(18)6-14/h1-7,15-16,21H,8-10H2/t15-,16-/m1/s1. The third-order valence-corrected chi connectivity index (χ3v) is 3.79. The quantitative estimate of drug-likeness (QED) is 0.939. The lowest BCUT2D eigenvalue weighted by molar-refractivity contribution is 0.0734. The Kier molecular flexibility index (Phi) is 4.57. The van der Waals surface area contributed by atoms with E-state index in [2.05, 4.69) is 4.98 Å². The molecule has 2 atom stereocenters. The highest BCUT2D eigenvalue weighted by Crippen LogP contribution is 2.21. The van der Waals surface area contributed by atoms with E-state index in [1.165, 1.54) is 12.1 Å². The molecule has 0 unspecified atom stereocenters. The highest BCUT2D eigenvalue weighted by molar-refractivity contribution is 6.30. The van der Waals surface area contributed by atoms with Crippen molar-refractivity contribution in [2.45, 2.75) is 18.8 Å². The van der Waals surface area contributed by atoms with Gasteiger partial charge >= 0.3 is 0 Å². The number of aliphatic hydroxyl groups excluding tert-OH is 1. The van der Waals surface area contributed by atoms with Crippen molar-refractivity contribution < 1.29 is 14.2 Å². The first kappa shape index (κ1) is 15.2. The number of hydrogen-bond donors (Lipinski definition) is 1. The average Bonchev–Trinajstić information content (AvgIpc) is 2.81. The van der Waals surface area contributed by atoms with Crippen molar-refractivity contribution in [3.63, 3.8) is 0 Å². The van der Waals surface area contributed by atoms with E-state index < -0.39 is 6.10 Å². The number of rotatable bonds is 4. The predicted octanol–water partition coefficient (Wildman–Crippen LogP) is 2.50. The zero-order chi connectivity index (χ0) is 15.5. The number of halogens is 2. The highest BCUT2D eigenvalue weighted by Gasteiger charge is 2.33. The fraction of sp³-hybridized carbons (Fsp3) is 0.312. The minimum atomic E-state index is -0.615.